The molecule has 0 aromatic carbocycles. The van der Waals surface area contributed by atoms with Crippen molar-refractivity contribution >= 4 is 5.82 Å². The number of ether oxygens (including phenoxy) is 1. The van der Waals surface area contributed by atoms with E-state index in [0.29, 0.717) is 12.5 Å². The van der Waals surface area contributed by atoms with Gasteiger partial charge in [0.05, 0.1) is 0 Å². The summed E-state index contributed by atoms with van der Waals surface area (Å²) in [6.45, 7) is 14.4. The molecule has 1 aromatic heterocycles. The third kappa shape index (κ3) is 6.43. The third-order valence-corrected chi connectivity index (χ3v) is 2.78. The van der Waals surface area contributed by atoms with E-state index in [0.717, 1.165) is 25.5 Å². The van der Waals surface area contributed by atoms with Crippen molar-refractivity contribution in [2.45, 2.75) is 40.2 Å². The number of likely N-dealkylation sites (N-methyl/N-ethyl adjacent to an activating group) is 1. The number of anilines is 1. The minimum Gasteiger partial charge on any atom is -0.476 e. The van der Waals surface area contributed by atoms with Crippen molar-refractivity contribution < 1.29 is 4.74 Å². The zero-order valence-corrected chi connectivity index (χ0v) is 12.9. The van der Waals surface area contributed by atoms with Crippen molar-refractivity contribution in [3.63, 3.8) is 0 Å². The summed E-state index contributed by atoms with van der Waals surface area (Å²) < 4.78 is 5.70. The second-order valence-electron chi connectivity index (χ2n) is 5.61. The molecular formula is C15H27N3O. The summed E-state index contributed by atoms with van der Waals surface area (Å²) in [4.78, 5) is 6.79. The predicted molar refractivity (Wildman–Crippen MR) is 80.9 cm³/mol. The summed E-state index contributed by atoms with van der Waals surface area (Å²) in [5, 5.41) is 3.34. The molecule has 1 rings (SSSR count). The molecule has 0 unspecified atom stereocenters. The van der Waals surface area contributed by atoms with E-state index >= 15 is 0 Å². The Hall–Kier alpha value is -1.29. The van der Waals surface area contributed by atoms with Crippen LogP contribution in [0.1, 0.15) is 34.6 Å². The van der Waals surface area contributed by atoms with Gasteiger partial charge in [0.15, 0.2) is 0 Å². The van der Waals surface area contributed by atoms with Gasteiger partial charge in [-0.3, -0.25) is 0 Å². The maximum Gasteiger partial charge on any atom is 0.215 e. The SMILES string of the molecule is CCN(CC)CCOc1cccc(NC(C)(C)C)n1. The van der Waals surface area contributed by atoms with Gasteiger partial charge in [0.1, 0.15) is 12.4 Å². The molecule has 108 valence electrons. The molecule has 0 saturated carbocycles. The zero-order chi connectivity index (χ0) is 14.3. The van der Waals surface area contributed by atoms with Crippen molar-refractivity contribution in [3.05, 3.63) is 18.2 Å². The lowest BCUT2D eigenvalue weighted by molar-refractivity contribution is 0.218. The molecule has 0 saturated heterocycles. The molecule has 0 atom stereocenters. The van der Waals surface area contributed by atoms with E-state index < -0.39 is 0 Å². The Balaban J connectivity index is 2.48. The van der Waals surface area contributed by atoms with Gasteiger partial charge in [-0.1, -0.05) is 19.9 Å². The normalized spacial score (nSPS) is 11.7. The van der Waals surface area contributed by atoms with E-state index in [4.69, 9.17) is 4.74 Å². The topological polar surface area (TPSA) is 37.4 Å². The highest BCUT2D eigenvalue weighted by atomic mass is 16.5. The van der Waals surface area contributed by atoms with Crippen LogP contribution >= 0.6 is 0 Å². The highest BCUT2D eigenvalue weighted by Gasteiger charge is 2.10. The molecule has 0 fully saturated rings. The maximum absolute atomic E-state index is 5.70. The monoisotopic (exact) mass is 265 g/mol. The van der Waals surface area contributed by atoms with Crippen LogP contribution in [0, 0.1) is 0 Å². The highest BCUT2D eigenvalue weighted by molar-refractivity contribution is 5.39. The fourth-order valence-corrected chi connectivity index (χ4v) is 1.77. The maximum atomic E-state index is 5.70. The number of rotatable bonds is 7. The van der Waals surface area contributed by atoms with E-state index in [9.17, 15) is 0 Å². The number of hydrogen-bond acceptors (Lipinski definition) is 4. The van der Waals surface area contributed by atoms with Gasteiger partial charge in [0, 0.05) is 18.2 Å². The molecule has 0 spiro atoms. The first kappa shape index (κ1) is 15.8. The third-order valence-electron chi connectivity index (χ3n) is 2.78. The Morgan fingerprint density at radius 3 is 2.47 bits per heavy atom. The van der Waals surface area contributed by atoms with Crippen molar-refractivity contribution in [1.82, 2.24) is 9.88 Å². The van der Waals surface area contributed by atoms with Crippen LogP contribution in [-0.4, -0.2) is 41.7 Å². The average Bonchev–Trinajstić information content (AvgIpc) is 2.33. The van der Waals surface area contributed by atoms with E-state index in [-0.39, 0.29) is 5.54 Å². The number of nitrogens with one attached hydrogen (secondary N) is 1. The molecule has 19 heavy (non-hydrogen) atoms. The van der Waals surface area contributed by atoms with Gasteiger partial charge >= 0.3 is 0 Å². The highest BCUT2D eigenvalue weighted by Crippen LogP contribution is 2.15. The molecule has 0 radical (unpaired) electrons. The minimum absolute atomic E-state index is 0.00679. The second-order valence-corrected chi connectivity index (χ2v) is 5.61. The van der Waals surface area contributed by atoms with Crippen molar-refractivity contribution in [1.29, 1.82) is 0 Å². The Bertz CT molecular complexity index is 370. The number of aromatic nitrogens is 1. The summed E-state index contributed by atoms with van der Waals surface area (Å²) in [5.74, 6) is 1.54. The fourth-order valence-electron chi connectivity index (χ4n) is 1.77. The van der Waals surface area contributed by atoms with Crippen molar-refractivity contribution in [2.24, 2.45) is 0 Å². The van der Waals surface area contributed by atoms with Crippen LogP contribution in [0.15, 0.2) is 18.2 Å². The average molecular weight is 265 g/mol. The summed E-state index contributed by atoms with van der Waals surface area (Å²) in [7, 11) is 0. The first-order chi connectivity index (χ1) is 8.94. The molecule has 1 aromatic rings. The standard InChI is InChI=1S/C15H27N3O/c1-6-18(7-2)11-12-19-14-10-8-9-13(16-14)17-15(3,4)5/h8-10H,6-7,11-12H2,1-5H3,(H,16,17). The summed E-state index contributed by atoms with van der Waals surface area (Å²) in [5.41, 5.74) is 0.00679. The minimum atomic E-state index is 0.00679. The van der Waals surface area contributed by atoms with E-state index in [1.807, 2.05) is 18.2 Å². The van der Waals surface area contributed by atoms with E-state index in [1.165, 1.54) is 0 Å². The smallest absolute Gasteiger partial charge is 0.215 e. The van der Waals surface area contributed by atoms with Crippen molar-refractivity contribution in [2.75, 3.05) is 31.6 Å². The summed E-state index contributed by atoms with van der Waals surface area (Å²) in [6.07, 6.45) is 0. The molecule has 4 nitrogen and oxygen atoms in total. The summed E-state index contributed by atoms with van der Waals surface area (Å²) in [6, 6.07) is 5.83. The molecule has 1 N–H and O–H groups in total. The molecular weight excluding hydrogens is 238 g/mol. The van der Waals surface area contributed by atoms with E-state index in [1.54, 1.807) is 0 Å². The predicted octanol–water partition coefficient (Wildman–Crippen LogP) is 3.01. The Morgan fingerprint density at radius 2 is 1.89 bits per heavy atom. The second kappa shape index (κ2) is 7.34. The molecule has 0 aliphatic carbocycles. The van der Waals surface area contributed by atoms with Gasteiger partial charge in [0.25, 0.3) is 0 Å². The molecule has 0 aliphatic rings. The first-order valence-electron chi connectivity index (χ1n) is 7.05. The van der Waals surface area contributed by atoms with Crippen LogP contribution in [-0.2, 0) is 0 Å². The van der Waals surface area contributed by atoms with Crippen LogP contribution in [0.4, 0.5) is 5.82 Å². The Kier molecular flexibility index (Phi) is 6.09. The Morgan fingerprint density at radius 1 is 1.21 bits per heavy atom. The van der Waals surface area contributed by atoms with Crippen molar-refractivity contribution in [3.8, 4) is 5.88 Å². The van der Waals surface area contributed by atoms with Crippen LogP contribution < -0.4 is 10.1 Å². The lowest BCUT2D eigenvalue weighted by atomic mass is 10.1. The molecule has 0 amide bonds. The fraction of sp³-hybridized carbons (Fsp3) is 0.667. The summed E-state index contributed by atoms with van der Waals surface area (Å²) >= 11 is 0. The zero-order valence-electron chi connectivity index (χ0n) is 12.9. The van der Waals surface area contributed by atoms with Gasteiger partial charge < -0.3 is 15.0 Å². The van der Waals surface area contributed by atoms with Crippen LogP contribution in [0.3, 0.4) is 0 Å². The largest absolute Gasteiger partial charge is 0.476 e. The van der Waals surface area contributed by atoms with Crippen LogP contribution in [0.25, 0.3) is 0 Å². The molecule has 0 aliphatic heterocycles. The number of pyridine rings is 1. The van der Waals surface area contributed by atoms with Gasteiger partial charge in [-0.05, 0) is 39.9 Å². The quantitative estimate of drug-likeness (QED) is 0.822. The van der Waals surface area contributed by atoms with Crippen LogP contribution in [0.5, 0.6) is 5.88 Å². The number of hydrogen-bond donors (Lipinski definition) is 1. The Labute approximate surface area is 117 Å². The van der Waals surface area contributed by atoms with Gasteiger partial charge in [-0.25, -0.2) is 0 Å². The number of nitrogens with zero attached hydrogens (tertiary/aromatic N) is 2. The van der Waals surface area contributed by atoms with Crippen LogP contribution in [0.2, 0.25) is 0 Å². The lowest BCUT2D eigenvalue weighted by Crippen LogP contribution is -2.28. The van der Waals surface area contributed by atoms with E-state index in [2.05, 4.69) is 49.8 Å². The lowest BCUT2D eigenvalue weighted by Gasteiger charge is -2.21. The van der Waals surface area contributed by atoms with Gasteiger partial charge in [-0.2, -0.15) is 4.98 Å². The first-order valence-corrected chi connectivity index (χ1v) is 7.05. The molecule has 0 bridgehead atoms. The molecule has 1 heterocycles. The molecule has 4 heteroatoms. The van der Waals surface area contributed by atoms with Gasteiger partial charge in [-0.15, -0.1) is 0 Å². The van der Waals surface area contributed by atoms with Gasteiger partial charge in [0.2, 0.25) is 5.88 Å².